The quantitative estimate of drug-likeness (QED) is 0.840. The Morgan fingerprint density at radius 2 is 2.00 bits per heavy atom. The average Bonchev–Trinajstić information content (AvgIpc) is 2.06. The second kappa shape index (κ2) is 4.22. The van der Waals surface area contributed by atoms with Crippen LogP contribution in [0.5, 0.6) is 5.88 Å². The molecule has 1 aromatic rings. The number of aryl methyl sites for hydroxylation is 1. The van der Waals surface area contributed by atoms with Crippen molar-refractivity contribution in [2.24, 2.45) is 0 Å². The molecule has 0 atom stereocenters. The molecule has 1 aromatic heterocycles. The molecule has 0 fully saturated rings. The molecule has 0 aliphatic rings. The maximum absolute atomic E-state index is 12.0. The van der Waals surface area contributed by atoms with Gasteiger partial charge in [0.15, 0.2) is 4.90 Å². The van der Waals surface area contributed by atoms with Gasteiger partial charge in [-0.05, 0) is 12.5 Å². The number of aromatic nitrogens is 1. The molecule has 0 saturated carbocycles. The Bertz CT molecular complexity index is 544. The zero-order valence-electron chi connectivity index (χ0n) is 8.25. The van der Waals surface area contributed by atoms with Crippen molar-refractivity contribution in [3.8, 4) is 5.88 Å². The van der Waals surface area contributed by atoms with E-state index in [0.717, 1.165) is 6.20 Å². The van der Waals surface area contributed by atoms with Gasteiger partial charge in [-0.3, -0.25) is 0 Å². The Hall–Kier alpha value is -1.22. The first-order valence-corrected chi connectivity index (χ1v) is 6.29. The standard InChI is InChI=1S/C7H6ClF3N2O3S/c1-3-2-13-6(16-7(9,10)11)5(4(3)12)17(8,14)15/h2H,1H3,(H2,12,13). The van der Waals surface area contributed by atoms with E-state index >= 15 is 0 Å². The monoisotopic (exact) mass is 290 g/mol. The van der Waals surface area contributed by atoms with Crippen molar-refractivity contribution in [2.45, 2.75) is 18.2 Å². The molecule has 1 heterocycles. The lowest BCUT2D eigenvalue weighted by molar-refractivity contribution is -0.277. The fourth-order valence-electron chi connectivity index (χ4n) is 0.996. The highest BCUT2D eigenvalue weighted by molar-refractivity contribution is 8.14. The maximum Gasteiger partial charge on any atom is 0.574 e. The van der Waals surface area contributed by atoms with E-state index < -0.39 is 31.9 Å². The van der Waals surface area contributed by atoms with E-state index in [-0.39, 0.29) is 5.56 Å². The Kier molecular flexibility index (Phi) is 3.44. The summed E-state index contributed by atoms with van der Waals surface area (Å²) in [6.45, 7) is 1.37. The Balaban J connectivity index is 3.47. The van der Waals surface area contributed by atoms with Gasteiger partial charge in [0.2, 0.25) is 5.88 Å². The van der Waals surface area contributed by atoms with E-state index in [0.29, 0.717) is 0 Å². The fraction of sp³-hybridized carbons (Fsp3) is 0.286. The summed E-state index contributed by atoms with van der Waals surface area (Å²) in [5.74, 6) is -1.20. The third kappa shape index (κ3) is 3.37. The van der Waals surface area contributed by atoms with Crippen molar-refractivity contribution in [2.75, 3.05) is 5.73 Å². The Morgan fingerprint density at radius 1 is 1.47 bits per heavy atom. The number of pyridine rings is 1. The summed E-state index contributed by atoms with van der Waals surface area (Å²) < 4.78 is 61.7. The van der Waals surface area contributed by atoms with Crippen molar-refractivity contribution in [1.82, 2.24) is 4.98 Å². The molecular formula is C7H6ClF3N2O3S. The maximum atomic E-state index is 12.0. The van der Waals surface area contributed by atoms with Crippen LogP contribution >= 0.6 is 10.7 Å². The van der Waals surface area contributed by atoms with Crippen LogP contribution in [-0.4, -0.2) is 19.8 Å². The summed E-state index contributed by atoms with van der Waals surface area (Å²) in [6.07, 6.45) is -4.15. The molecule has 2 N–H and O–H groups in total. The average molecular weight is 291 g/mol. The summed E-state index contributed by atoms with van der Waals surface area (Å²) >= 11 is 0. The van der Waals surface area contributed by atoms with Crippen LogP contribution in [0.4, 0.5) is 18.9 Å². The van der Waals surface area contributed by atoms with Gasteiger partial charge in [-0.25, -0.2) is 13.4 Å². The van der Waals surface area contributed by atoms with Gasteiger partial charge < -0.3 is 10.5 Å². The van der Waals surface area contributed by atoms with Crippen LogP contribution in [0.1, 0.15) is 5.56 Å². The minimum atomic E-state index is -5.09. The highest BCUT2D eigenvalue weighted by atomic mass is 35.7. The molecule has 0 aliphatic heterocycles. The van der Waals surface area contributed by atoms with Gasteiger partial charge >= 0.3 is 6.36 Å². The first-order valence-electron chi connectivity index (χ1n) is 3.98. The van der Waals surface area contributed by atoms with Crippen molar-refractivity contribution in [3.05, 3.63) is 11.8 Å². The Labute approximate surface area is 98.8 Å². The number of nitrogens with two attached hydrogens (primary N) is 1. The highest BCUT2D eigenvalue weighted by Gasteiger charge is 2.36. The second-order valence-electron chi connectivity index (χ2n) is 2.97. The van der Waals surface area contributed by atoms with Crippen LogP contribution in [0.25, 0.3) is 0 Å². The molecule has 0 aliphatic carbocycles. The number of halogens is 4. The molecular weight excluding hydrogens is 285 g/mol. The van der Waals surface area contributed by atoms with Crippen molar-refractivity contribution >= 4 is 25.4 Å². The summed E-state index contributed by atoms with van der Waals surface area (Å²) in [5, 5.41) is 0. The van der Waals surface area contributed by atoms with Gasteiger partial charge in [0, 0.05) is 16.9 Å². The highest BCUT2D eigenvalue weighted by Crippen LogP contribution is 2.35. The number of anilines is 1. The van der Waals surface area contributed by atoms with E-state index in [1.54, 1.807) is 0 Å². The van der Waals surface area contributed by atoms with Crippen molar-refractivity contribution in [3.63, 3.8) is 0 Å². The number of nitrogens with zero attached hydrogens (tertiary/aromatic N) is 1. The number of ether oxygens (including phenoxy) is 1. The molecule has 0 unspecified atom stereocenters. The van der Waals surface area contributed by atoms with Crippen molar-refractivity contribution in [1.29, 1.82) is 0 Å². The van der Waals surface area contributed by atoms with E-state index in [1.165, 1.54) is 6.92 Å². The summed E-state index contributed by atoms with van der Waals surface area (Å²) in [4.78, 5) is 2.22. The zero-order chi connectivity index (χ0) is 13.4. The van der Waals surface area contributed by atoms with Crippen LogP contribution in [-0.2, 0) is 9.05 Å². The predicted octanol–water partition coefficient (Wildman–Crippen LogP) is 1.80. The smallest absolute Gasteiger partial charge is 0.397 e. The topological polar surface area (TPSA) is 82.3 Å². The molecule has 5 nitrogen and oxygen atoms in total. The second-order valence-corrected chi connectivity index (χ2v) is 5.48. The molecule has 0 bridgehead atoms. The molecule has 0 aromatic carbocycles. The number of alkyl halides is 3. The molecule has 0 amide bonds. The summed E-state index contributed by atoms with van der Waals surface area (Å²) in [7, 11) is 0.475. The van der Waals surface area contributed by atoms with Crippen LogP contribution in [0.15, 0.2) is 11.1 Å². The molecule has 96 valence electrons. The molecule has 0 radical (unpaired) electrons. The summed E-state index contributed by atoms with van der Waals surface area (Å²) in [6, 6.07) is 0. The van der Waals surface area contributed by atoms with Gasteiger partial charge in [-0.2, -0.15) is 0 Å². The number of hydrogen-bond acceptors (Lipinski definition) is 5. The van der Waals surface area contributed by atoms with Crippen LogP contribution in [0.2, 0.25) is 0 Å². The van der Waals surface area contributed by atoms with Gasteiger partial charge in [0.25, 0.3) is 9.05 Å². The molecule has 0 spiro atoms. The number of hydrogen-bond donors (Lipinski definition) is 1. The van der Waals surface area contributed by atoms with E-state index in [4.69, 9.17) is 16.4 Å². The van der Waals surface area contributed by atoms with Crippen molar-refractivity contribution < 1.29 is 26.3 Å². The first kappa shape index (κ1) is 13.8. The molecule has 10 heteroatoms. The predicted molar refractivity (Wildman–Crippen MR) is 53.1 cm³/mol. The van der Waals surface area contributed by atoms with E-state index in [2.05, 4.69) is 9.72 Å². The SMILES string of the molecule is Cc1cnc(OC(F)(F)F)c(S(=O)(=O)Cl)c1N. The van der Waals surface area contributed by atoms with Crippen LogP contribution < -0.4 is 10.5 Å². The number of rotatable bonds is 2. The lowest BCUT2D eigenvalue weighted by atomic mass is 10.3. The summed E-state index contributed by atoms with van der Waals surface area (Å²) in [5.41, 5.74) is 5.07. The van der Waals surface area contributed by atoms with E-state index in [9.17, 15) is 21.6 Å². The van der Waals surface area contributed by atoms with Gasteiger partial charge in [-0.1, -0.05) is 0 Å². The minimum Gasteiger partial charge on any atom is -0.397 e. The number of nitrogen functional groups attached to an aromatic ring is 1. The molecule has 1 rings (SSSR count). The third-order valence-corrected chi connectivity index (χ3v) is 3.04. The van der Waals surface area contributed by atoms with Gasteiger partial charge in [-0.15, -0.1) is 13.2 Å². The van der Waals surface area contributed by atoms with Crippen LogP contribution in [0, 0.1) is 6.92 Å². The fourth-order valence-corrected chi connectivity index (χ4v) is 2.17. The van der Waals surface area contributed by atoms with E-state index in [1.807, 2.05) is 0 Å². The first-order chi connectivity index (χ1) is 7.52. The van der Waals surface area contributed by atoms with Gasteiger partial charge in [0.1, 0.15) is 0 Å². The van der Waals surface area contributed by atoms with Gasteiger partial charge in [0.05, 0.1) is 5.69 Å². The third-order valence-electron chi connectivity index (χ3n) is 1.70. The largest absolute Gasteiger partial charge is 0.574 e. The molecule has 17 heavy (non-hydrogen) atoms. The van der Waals surface area contributed by atoms with Crippen LogP contribution in [0.3, 0.4) is 0 Å². The Morgan fingerprint density at radius 3 is 2.41 bits per heavy atom. The lowest BCUT2D eigenvalue weighted by Crippen LogP contribution is -2.20. The normalized spacial score (nSPS) is 12.5. The zero-order valence-corrected chi connectivity index (χ0v) is 9.82. The minimum absolute atomic E-state index is 0.166. The lowest BCUT2D eigenvalue weighted by Gasteiger charge is -2.13. The molecule has 0 saturated heterocycles.